The first-order valence-electron chi connectivity index (χ1n) is 4.02. The van der Waals surface area contributed by atoms with Crippen molar-refractivity contribution < 1.29 is 23.4 Å². The molecule has 6 heteroatoms. The van der Waals surface area contributed by atoms with Crippen molar-refractivity contribution in [3.8, 4) is 0 Å². The first-order chi connectivity index (χ1) is 5.95. The van der Waals surface area contributed by atoms with Crippen molar-refractivity contribution in [1.29, 1.82) is 0 Å². The van der Waals surface area contributed by atoms with Crippen LogP contribution in [0.2, 0.25) is 0 Å². The zero-order valence-corrected chi connectivity index (χ0v) is 7.14. The molecule has 0 rings (SSSR count). The lowest BCUT2D eigenvalue weighted by molar-refractivity contribution is -0.135. The Bertz CT molecular complexity index is 129. The normalized spacial score (nSPS) is 14.5. The average Bonchev–Trinajstić information content (AvgIpc) is 2.01. The van der Waals surface area contributed by atoms with E-state index in [1.165, 1.54) is 0 Å². The lowest BCUT2D eigenvalue weighted by Crippen LogP contribution is -2.30. The van der Waals surface area contributed by atoms with Gasteiger partial charge < -0.3 is 15.5 Å². The van der Waals surface area contributed by atoms with E-state index < -0.39 is 18.7 Å². The first-order valence-corrected chi connectivity index (χ1v) is 4.02. The maximum absolute atomic E-state index is 11.6. The van der Waals surface area contributed by atoms with Crippen molar-refractivity contribution in [1.82, 2.24) is 5.32 Å². The molecule has 0 aliphatic carbocycles. The molecule has 0 heterocycles. The largest absolute Gasteiger partial charge is 0.394 e. The van der Waals surface area contributed by atoms with Gasteiger partial charge in [0.1, 0.15) is 0 Å². The van der Waals surface area contributed by atoms with Crippen LogP contribution in [0, 0.1) is 0 Å². The second-order valence-electron chi connectivity index (χ2n) is 2.76. The molecule has 0 aromatic rings. The van der Waals surface area contributed by atoms with E-state index >= 15 is 0 Å². The van der Waals surface area contributed by atoms with Crippen molar-refractivity contribution in [2.24, 2.45) is 0 Å². The Balaban J connectivity index is 3.18. The predicted octanol–water partition coefficient (Wildman–Crippen LogP) is 0.272. The lowest BCUT2D eigenvalue weighted by Gasteiger charge is -2.09. The standard InChI is InChI=1S/C7H14F3NO2/c8-7(9,10)2-1-3-11-4-6(13)5-12/h6,11-13H,1-5H2/t6-/m0/s1. The Labute approximate surface area is 74.6 Å². The van der Waals surface area contributed by atoms with Gasteiger partial charge in [-0.3, -0.25) is 0 Å². The fraction of sp³-hybridized carbons (Fsp3) is 1.00. The van der Waals surface area contributed by atoms with Gasteiger partial charge in [0.25, 0.3) is 0 Å². The average molecular weight is 201 g/mol. The first kappa shape index (κ1) is 12.7. The van der Waals surface area contributed by atoms with Gasteiger partial charge in [0.15, 0.2) is 0 Å². The van der Waals surface area contributed by atoms with Crippen molar-refractivity contribution in [3.63, 3.8) is 0 Å². The molecule has 0 radical (unpaired) electrons. The van der Waals surface area contributed by atoms with Crippen molar-refractivity contribution in [2.75, 3.05) is 19.7 Å². The Morgan fingerprint density at radius 1 is 1.31 bits per heavy atom. The molecule has 0 aliphatic heterocycles. The molecule has 0 bridgehead atoms. The molecular formula is C7H14F3NO2. The lowest BCUT2D eigenvalue weighted by atomic mass is 10.3. The highest BCUT2D eigenvalue weighted by Gasteiger charge is 2.25. The van der Waals surface area contributed by atoms with Gasteiger partial charge in [-0.25, -0.2) is 0 Å². The van der Waals surface area contributed by atoms with Crippen LogP contribution in [0.1, 0.15) is 12.8 Å². The van der Waals surface area contributed by atoms with Crippen LogP contribution in [0.15, 0.2) is 0 Å². The van der Waals surface area contributed by atoms with E-state index in [2.05, 4.69) is 5.32 Å². The topological polar surface area (TPSA) is 52.5 Å². The number of halogens is 3. The molecular weight excluding hydrogens is 187 g/mol. The van der Waals surface area contributed by atoms with E-state index in [-0.39, 0.29) is 26.1 Å². The zero-order valence-electron chi connectivity index (χ0n) is 7.14. The quantitative estimate of drug-likeness (QED) is 0.541. The number of rotatable bonds is 6. The molecule has 0 saturated heterocycles. The smallest absolute Gasteiger partial charge is 0.389 e. The van der Waals surface area contributed by atoms with Gasteiger partial charge in [-0.05, 0) is 13.0 Å². The van der Waals surface area contributed by atoms with Gasteiger partial charge in [-0.2, -0.15) is 13.2 Å². The number of nitrogens with one attached hydrogen (secondary N) is 1. The van der Waals surface area contributed by atoms with Gasteiger partial charge in [-0.1, -0.05) is 0 Å². The minimum Gasteiger partial charge on any atom is -0.394 e. The summed E-state index contributed by atoms with van der Waals surface area (Å²) in [5.74, 6) is 0. The number of alkyl halides is 3. The Morgan fingerprint density at radius 2 is 1.92 bits per heavy atom. The maximum atomic E-state index is 11.6. The molecule has 0 saturated carbocycles. The summed E-state index contributed by atoms with van der Waals surface area (Å²) in [4.78, 5) is 0. The summed E-state index contributed by atoms with van der Waals surface area (Å²) in [6.45, 7) is -0.0722. The van der Waals surface area contributed by atoms with E-state index in [0.717, 1.165) is 0 Å². The molecule has 3 N–H and O–H groups in total. The van der Waals surface area contributed by atoms with Crippen LogP contribution < -0.4 is 5.32 Å². The van der Waals surface area contributed by atoms with Crippen LogP contribution in [0.4, 0.5) is 13.2 Å². The number of hydrogen-bond acceptors (Lipinski definition) is 3. The Morgan fingerprint density at radius 3 is 2.38 bits per heavy atom. The summed E-state index contributed by atoms with van der Waals surface area (Å²) < 4.78 is 34.8. The second kappa shape index (κ2) is 6.17. The molecule has 1 atom stereocenters. The molecule has 0 unspecified atom stereocenters. The SMILES string of the molecule is OC[C@@H](O)CNCCCC(F)(F)F. The van der Waals surface area contributed by atoms with Crippen molar-refractivity contribution in [3.05, 3.63) is 0 Å². The van der Waals surface area contributed by atoms with Crippen molar-refractivity contribution in [2.45, 2.75) is 25.1 Å². The molecule has 13 heavy (non-hydrogen) atoms. The summed E-state index contributed by atoms with van der Waals surface area (Å²) in [7, 11) is 0. The Hall–Kier alpha value is -0.330. The van der Waals surface area contributed by atoms with E-state index in [1.54, 1.807) is 0 Å². The van der Waals surface area contributed by atoms with E-state index in [4.69, 9.17) is 10.2 Å². The predicted molar refractivity (Wildman–Crippen MR) is 41.3 cm³/mol. The van der Waals surface area contributed by atoms with Crippen LogP contribution in [0.25, 0.3) is 0 Å². The van der Waals surface area contributed by atoms with Gasteiger partial charge >= 0.3 is 6.18 Å². The fourth-order valence-electron chi connectivity index (χ4n) is 0.747. The molecule has 0 aromatic carbocycles. The van der Waals surface area contributed by atoms with E-state index in [0.29, 0.717) is 0 Å². The molecule has 0 spiro atoms. The Kier molecular flexibility index (Phi) is 6.02. The third-order valence-corrected chi connectivity index (χ3v) is 1.40. The van der Waals surface area contributed by atoms with Crippen LogP contribution in [0.3, 0.4) is 0 Å². The third kappa shape index (κ3) is 9.59. The highest BCUT2D eigenvalue weighted by atomic mass is 19.4. The second-order valence-corrected chi connectivity index (χ2v) is 2.76. The zero-order chi connectivity index (χ0) is 10.3. The van der Waals surface area contributed by atoms with Gasteiger partial charge in [0.05, 0.1) is 12.7 Å². The molecule has 0 aliphatic rings. The number of hydrogen-bond donors (Lipinski definition) is 3. The minimum absolute atomic E-state index is 0.0123. The summed E-state index contributed by atoms with van der Waals surface area (Å²) in [5.41, 5.74) is 0. The monoisotopic (exact) mass is 201 g/mol. The van der Waals surface area contributed by atoms with Gasteiger partial charge in [-0.15, -0.1) is 0 Å². The van der Waals surface area contributed by atoms with E-state index in [1.807, 2.05) is 0 Å². The number of aliphatic hydroxyl groups excluding tert-OH is 2. The third-order valence-electron chi connectivity index (χ3n) is 1.40. The maximum Gasteiger partial charge on any atom is 0.389 e. The molecule has 0 amide bonds. The van der Waals surface area contributed by atoms with Crippen LogP contribution in [0.5, 0.6) is 0 Å². The fourth-order valence-corrected chi connectivity index (χ4v) is 0.747. The summed E-state index contributed by atoms with van der Waals surface area (Å²) in [6, 6.07) is 0. The highest BCUT2D eigenvalue weighted by molar-refractivity contribution is 4.58. The molecule has 0 aromatic heterocycles. The highest BCUT2D eigenvalue weighted by Crippen LogP contribution is 2.20. The summed E-state index contributed by atoms with van der Waals surface area (Å²) in [5, 5.41) is 19.7. The molecule has 3 nitrogen and oxygen atoms in total. The van der Waals surface area contributed by atoms with Crippen molar-refractivity contribution >= 4 is 0 Å². The van der Waals surface area contributed by atoms with Gasteiger partial charge in [0.2, 0.25) is 0 Å². The summed E-state index contributed by atoms with van der Waals surface area (Å²) >= 11 is 0. The minimum atomic E-state index is -4.11. The van der Waals surface area contributed by atoms with Crippen LogP contribution >= 0.6 is 0 Å². The van der Waals surface area contributed by atoms with Crippen LogP contribution in [-0.4, -0.2) is 42.2 Å². The summed E-state index contributed by atoms with van der Waals surface area (Å²) in [6.07, 6.45) is -5.85. The van der Waals surface area contributed by atoms with E-state index in [9.17, 15) is 13.2 Å². The van der Waals surface area contributed by atoms with Crippen LogP contribution in [-0.2, 0) is 0 Å². The van der Waals surface area contributed by atoms with Gasteiger partial charge in [0, 0.05) is 13.0 Å². The molecule has 80 valence electrons. The number of aliphatic hydroxyl groups is 2. The molecule has 0 fully saturated rings.